The van der Waals surface area contributed by atoms with Crippen LogP contribution in [0.5, 0.6) is 5.75 Å². The van der Waals surface area contributed by atoms with Crippen molar-refractivity contribution in [2.75, 3.05) is 7.11 Å². The molecule has 1 aromatic rings. The van der Waals surface area contributed by atoms with Gasteiger partial charge in [-0.25, -0.2) is 0 Å². The van der Waals surface area contributed by atoms with Crippen LogP contribution in [0.3, 0.4) is 0 Å². The molecule has 0 radical (unpaired) electrons. The van der Waals surface area contributed by atoms with Crippen LogP contribution in [0.25, 0.3) is 0 Å². The molecule has 2 N–H and O–H groups in total. The molecule has 2 atom stereocenters. The summed E-state index contributed by atoms with van der Waals surface area (Å²) in [4.78, 5) is 0. The van der Waals surface area contributed by atoms with Crippen molar-refractivity contribution in [1.82, 2.24) is 0 Å². The van der Waals surface area contributed by atoms with Crippen molar-refractivity contribution in [3.63, 3.8) is 0 Å². The molecule has 0 aliphatic carbocycles. The van der Waals surface area contributed by atoms with Gasteiger partial charge in [0.05, 0.1) is 7.11 Å². The van der Waals surface area contributed by atoms with Gasteiger partial charge in [0.1, 0.15) is 5.75 Å². The zero-order valence-electron chi connectivity index (χ0n) is 10.6. The Balaban J connectivity index is 2.64. The molecule has 0 spiro atoms. The number of para-hydroxylation sites is 1. The van der Waals surface area contributed by atoms with Crippen molar-refractivity contribution in [2.24, 2.45) is 11.7 Å². The molecular weight excluding hydrogens is 198 g/mol. The summed E-state index contributed by atoms with van der Waals surface area (Å²) in [5.41, 5.74) is 7.41. The number of benzene rings is 1. The summed E-state index contributed by atoms with van der Waals surface area (Å²) < 4.78 is 5.33. The molecule has 0 fully saturated rings. The second-order valence-electron chi connectivity index (χ2n) is 4.45. The Morgan fingerprint density at radius 3 is 2.62 bits per heavy atom. The Hall–Kier alpha value is -1.02. The molecule has 2 unspecified atom stereocenters. The summed E-state index contributed by atoms with van der Waals surface area (Å²) in [5.74, 6) is 1.51. The van der Waals surface area contributed by atoms with Crippen LogP contribution in [0, 0.1) is 5.92 Å². The molecular formula is C14H23NO. The first-order valence-electron chi connectivity index (χ1n) is 6.06. The summed E-state index contributed by atoms with van der Waals surface area (Å²) in [6.07, 6.45) is 3.28. The van der Waals surface area contributed by atoms with Crippen molar-refractivity contribution in [1.29, 1.82) is 0 Å². The SMILES string of the molecule is CCCC(C)C(N)Cc1ccccc1OC. The molecule has 0 saturated heterocycles. The molecule has 90 valence electrons. The third kappa shape index (κ3) is 3.53. The van der Waals surface area contributed by atoms with Gasteiger partial charge in [0, 0.05) is 6.04 Å². The van der Waals surface area contributed by atoms with Crippen LogP contribution in [0.15, 0.2) is 24.3 Å². The fourth-order valence-corrected chi connectivity index (χ4v) is 2.00. The Labute approximate surface area is 98.8 Å². The number of rotatable bonds is 6. The Morgan fingerprint density at radius 1 is 1.31 bits per heavy atom. The predicted molar refractivity (Wildman–Crippen MR) is 68.7 cm³/mol. The van der Waals surface area contributed by atoms with Gasteiger partial charge >= 0.3 is 0 Å². The van der Waals surface area contributed by atoms with Gasteiger partial charge in [-0.3, -0.25) is 0 Å². The van der Waals surface area contributed by atoms with E-state index in [9.17, 15) is 0 Å². The molecule has 0 heterocycles. The second-order valence-corrected chi connectivity index (χ2v) is 4.45. The molecule has 0 saturated carbocycles. The highest BCUT2D eigenvalue weighted by molar-refractivity contribution is 5.33. The minimum Gasteiger partial charge on any atom is -0.496 e. The van der Waals surface area contributed by atoms with E-state index in [1.807, 2.05) is 18.2 Å². The molecule has 0 aliphatic rings. The largest absolute Gasteiger partial charge is 0.496 e. The lowest BCUT2D eigenvalue weighted by Crippen LogP contribution is -2.30. The molecule has 2 heteroatoms. The minimum atomic E-state index is 0.219. The quantitative estimate of drug-likeness (QED) is 0.801. The number of hydrogen-bond donors (Lipinski definition) is 1. The number of hydrogen-bond acceptors (Lipinski definition) is 2. The molecule has 1 aromatic carbocycles. The zero-order chi connectivity index (χ0) is 12.0. The van der Waals surface area contributed by atoms with E-state index in [2.05, 4.69) is 19.9 Å². The van der Waals surface area contributed by atoms with Crippen molar-refractivity contribution in [3.05, 3.63) is 29.8 Å². The van der Waals surface area contributed by atoms with Gasteiger partial charge in [0.25, 0.3) is 0 Å². The van der Waals surface area contributed by atoms with Gasteiger partial charge in [-0.05, 0) is 30.4 Å². The highest BCUT2D eigenvalue weighted by Gasteiger charge is 2.14. The molecule has 0 bridgehead atoms. The van der Waals surface area contributed by atoms with E-state index in [-0.39, 0.29) is 6.04 Å². The monoisotopic (exact) mass is 221 g/mol. The van der Waals surface area contributed by atoms with Gasteiger partial charge in [-0.2, -0.15) is 0 Å². The lowest BCUT2D eigenvalue weighted by Gasteiger charge is -2.20. The van der Waals surface area contributed by atoms with Crippen LogP contribution in [0.2, 0.25) is 0 Å². The average Bonchev–Trinajstić information content (AvgIpc) is 2.30. The third-order valence-corrected chi connectivity index (χ3v) is 3.12. The van der Waals surface area contributed by atoms with E-state index in [4.69, 9.17) is 10.5 Å². The van der Waals surface area contributed by atoms with E-state index < -0.39 is 0 Å². The van der Waals surface area contributed by atoms with Crippen LogP contribution in [0.4, 0.5) is 0 Å². The fourth-order valence-electron chi connectivity index (χ4n) is 2.00. The van der Waals surface area contributed by atoms with Crippen LogP contribution >= 0.6 is 0 Å². The number of methoxy groups -OCH3 is 1. The normalized spacial score (nSPS) is 14.5. The molecule has 0 aliphatic heterocycles. The van der Waals surface area contributed by atoms with Crippen LogP contribution in [-0.4, -0.2) is 13.2 Å². The maximum absolute atomic E-state index is 6.20. The molecule has 0 aromatic heterocycles. The van der Waals surface area contributed by atoms with Gasteiger partial charge in [-0.15, -0.1) is 0 Å². The molecule has 2 nitrogen and oxygen atoms in total. The van der Waals surface area contributed by atoms with Crippen LogP contribution in [0.1, 0.15) is 32.3 Å². The lowest BCUT2D eigenvalue weighted by atomic mass is 9.92. The van der Waals surface area contributed by atoms with Gasteiger partial charge in [-0.1, -0.05) is 38.5 Å². The van der Waals surface area contributed by atoms with Crippen LogP contribution in [-0.2, 0) is 6.42 Å². The minimum absolute atomic E-state index is 0.219. The maximum atomic E-state index is 6.20. The topological polar surface area (TPSA) is 35.2 Å². The summed E-state index contributed by atoms with van der Waals surface area (Å²) in [7, 11) is 1.71. The van der Waals surface area contributed by atoms with Crippen LogP contribution < -0.4 is 10.5 Å². The average molecular weight is 221 g/mol. The first-order chi connectivity index (χ1) is 7.69. The molecule has 0 amide bonds. The fraction of sp³-hybridized carbons (Fsp3) is 0.571. The summed E-state index contributed by atoms with van der Waals surface area (Å²) in [5, 5.41) is 0. The zero-order valence-corrected chi connectivity index (χ0v) is 10.6. The Bertz CT molecular complexity index is 311. The van der Waals surface area contributed by atoms with Crippen molar-refractivity contribution in [3.8, 4) is 5.75 Å². The summed E-state index contributed by atoms with van der Waals surface area (Å²) >= 11 is 0. The third-order valence-electron chi connectivity index (χ3n) is 3.12. The van der Waals surface area contributed by atoms with Gasteiger partial charge in [0.15, 0.2) is 0 Å². The number of ether oxygens (including phenoxy) is 1. The predicted octanol–water partition coefficient (Wildman–Crippen LogP) is 3.00. The first kappa shape index (κ1) is 13.0. The molecule has 16 heavy (non-hydrogen) atoms. The van der Waals surface area contributed by atoms with E-state index in [1.165, 1.54) is 18.4 Å². The van der Waals surface area contributed by atoms with Crippen molar-refractivity contribution >= 4 is 0 Å². The highest BCUT2D eigenvalue weighted by Crippen LogP contribution is 2.21. The second kappa shape index (κ2) is 6.54. The van der Waals surface area contributed by atoms with E-state index in [1.54, 1.807) is 7.11 Å². The standard InChI is InChI=1S/C14H23NO/c1-4-7-11(2)13(15)10-12-8-5-6-9-14(12)16-3/h5-6,8-9,11,13H,4,7,10,15H2,1-3H3. The summed E-state index contributed by atoms with van der Waals surface area (Å²) in [6, 6.07) is 8.33. The number of nitrogens with two attached hydrogens (primary N) is 1. The Kier molecular flexibility index (Phi) is 5.33. The smallest absolute Gasteiger partial charge is 0.122 e. The molecule has 1 rings (SSSR count). The lowest BCUT2D eigenvalue weighted by molar-refractivity contribution is 0.392. The highest BCUT2D eigenvalue weighted by atomic mass is 16.5. The van der Waals surface area contributed by atoms with Crippen molar-refractivity contribution in [2.45, 2.75) is 39.2 Å². The van der Waals surface area contributed by atoms with E-state index in [0.29, 0.717) is 5.92 Å². The van der Waals surface area contributed by atoms with E-state index >= 15 is 0 Å². The first-order valence-corrected chi connectivity index (χ1v) is 6.06. The van der Waals surface area contributed by atoms with Gasteiger partial charge < -0.3 is 10.5 Å². The maximum Gasteiger partial charge on any atom is 0.122 e. The van der Waals surface area contributed by atoms with Gasteiger partial charge in [0.2, 0.25) is 0 Å². The summed E-state index contributed by atoms with van der Waals surface area (Å²) in [6.45, 7) is 4.43. The van der Waals surface area contributed by atoms with E-state index in [0.717, 1.165) is 12.2 Å². The van der Waals surface area contributed by atoms with Crippen molar-refractivity contribution < 1.29 is 4.74 Å². The Morgan fingerprint density at radius 2 is 2.00 bits per heavy atom.